The summed E-state index contributed by atoms with van der Waals surface area (Å²) in [6, 6.07) is 13.6. The molecule has 0 bridgehead atoms. The number of amides is 1. The molecule has 3 heterocycles. The van der Waals surface area contributed by atoms with E-state index in [4.69, 9.17) is 4.74 Å². The molecule has 1 amide bonds. The fourth-order valence-electron chi connectivity index (χ4n) is 5.40. The minimum absolute atomic E-state index is 0.151. The van der Waals surface area contributed by atoms with Gasteiger partial charge in [0.1, 0.15) is 0 Å². The first-order valence-electron chi connectivity index (χ1n) is 12.9. The lowest BCUT2D eigenvalue weighted by Crippen LogP contribution is -2.35. The fourth-order valence-corrected chi connectivity index (χ4v) is 5.40. The van der Waals surface area contributed by atoms with Crippen LogP contribution in [0.2, 0.25) is 0 Å². The smallest absolute Gasteiger partial charge is 0.379 e. The number of benzene rings is 2. The molecule has 0 aliphatic carbocycles. The minimum Gasteiger partial charge on any atom is -0.379 e. The summed E-state index contributed by atoms with van der Waals surface area (Å²) in [5.41, 5.74) is 2.21. The molecule has 1 unspecified atom stereocenters. The fraction of sp³-hybridized carbons (Fsp3) is 0.379. The Labute approximate surface area is 220 Å². The van der Waals surface area contributed by atoms with Gasteiger partial charge in [-0.1, -0.05) is 24.3 Å². The second kappa shape index (κ2) is 11.1. The molecule has 2 aliphatic rings. The summed E-state index contributed by atoms with van der Waals surface area (Å²) in [5, 5.41) is 2.77. The van der Waals surface area contributed by atoms with Gasteiger partial charge >= 0.3 is 6.18 Å². The van der Waals surface area contributed by atoms with Gasteiger partial charge in [-0.05, 0) is 54.3 Å². The first-order valence-corrected chi connectivity index (χ1v) is 12.9. The number of aryl methyl sites for hydroxylation is 1. The highest BCUT2D eigenvalue weighted by molar-refractivity contribution is 6.04. The van der Waals surface area contributed by atoms with Crippen molar-refractivity contribution in [3.63, 3.8) is 0 Å². The summed E-state index contributed by atoms with van der Waals surface area (Å²) in [7, 11) is 0. The number of pyridine rings is 1. The van der Waals surface area contributed by atoms with E-state index in [0.717, 1.165) is 30.9 Å². The summed E-state index contributed by atoms with van der Waals surface area (Å²) < 4.78 is 48.5. The molecule has 2 fully saturated rings. The Morgan fingerprint density at radius 2 is 1.84 bits per heavy atom. The SMILES string of the molecule is Cc1ccc(NC(=O)c2ccccc2)c(C2CCN(c3cncc(CN4CCOCC4)c3)C2)c1C(F)(F)F. The van der Waals surface area contributed by atoms with E-state index >= 15 is 0 Å². The lowest BCUT2D eigenvalue weighted by molar-refractivity contribution is -0.138. The third-order valence-electron chi connectivity index (χ3n) is 7.27. The third kappa shape index (κ3) is 5.84. The number of nitrogens with one attached hydrogen (secondary N) is 1. The predicted octanol–water partition coefficient (Wildman–Crippen LogP) is 5.49. The van der Waals surface area contributed by atoms with Gasteiger partial charge in [0.15, 0.2) is 0 Å². The Bertz CT molecular complexity index is 1280. The second-order valence-corrected chi connectivity index (χ2v) is 9.91. The number of nitrogens with zero attached hydrogens (tertiary/aromatic N) is 3. The maximum Gasteiger partial charge on any atom is 0.417 e. The zero-order chi connectivity index (χ0) is 26.7. The number of hydrogen-bond donors (Lipinski definition) is 1. The number of hydrogen-bond acceptors (Lipinski definition) is 5. The first kappa shape index (κ1) is 26.2. The van der Waals surface area contributed by atoms with Crippen LogP contribution in [0, 0.1) is 6.92 Å². The number of carbonyl (C=O) groups is 1. The molecule has 2 aliphatic heterocycles. The number of carbonyl (C=O) groups excluding carboxylic acids is 1. The van der Waals surface area contributed by atoms with E-state index in [9.17, 15) is 18.0 Å². The van der Waals surface area contributed by atoms with Gasteiger partial charge in [0, 0.05) is 56.1 Å². The number of ether oxygens (including phenoxy) is 1. The Morgan fingerprint density at radius 1 is 1.08 bits per heavy atom. The van der Waals surface area contributed by atoms with Crippen molar-refractivity contribution in [3.05, 3.63) is 88.7 Å². The molecule has 0 spiro atoms. The maximum absolute atomic E-state index is 14.3. The number of halogens is 3. The van der Waals surface area contributed by atoms with Crippen molar-refractivity contribution in [1.82, 2.24) is 9.88 Å². The van der Waals surface area contributed by atoms with Crippen molar-refractivity contribution in [2.45, 2.75) is 32.0 Å². The summed E-state index contributed by atoms with van der Waals surface area (Å²) in [4.78, 5) is 21.7. The molecule has 9 heteroatoms. The molecule has 200 valence electrons. The molecule has 38 heavy (non-hydrogen) atoms. The van der Waals surface area contributed by atoms with Gasteiger partial charge in [0.25, 0.3) is 5.91 Å². The monoisotopic (exact) mass is 524 g/mol. The van der Waals surface area contributed by atoms with E-state index < -0.39 is 23.6 Å². The molecule has 1 N–H and O–H groups in total. The van der Waals surface area contributed by atoms with Gasteiger partial charge < -0.3 is 15.0 Å². The average molecular weight is 525 g/mol. The Kier molecular flexibility index (Phi) is 7.67. The third-order valence-corrected chi connectivity index (χ3v) is 7.27. The quantitative estimate of drug-likeness (QED) is 0.462. The molecule has 3 aromatic rings. The van der Waals surface area contributed by atoms with Crippen LogP contribution in [0.1, 0.15) is 45.0 Å². The first-order chi connectivity index (χ1) is 18.3. The zero-order valence-corrected chi connectivity index (χ0v) is 21.3. The standard InChI is InChI=1S/C29H31F3N4O2/c1-20-7-8-25(34-28(37)22-5-3-2-4-6-22)26(27(20)29(30,31)32)23-9-10-36(19-23)24-15-21(16-33-17-24)18-35-11-13-38-14-12-35/h2-8,15-17,23H,9-14,18-19H2,1H3,(H,34,37). The van der Waals surface area contributed by atoms with Crippen molar-refractivity contribution < 1.29 is 22.7 Å². The molecular formula is C29H31F3N4O2. The number of aromatic nitrogens is 1. The second-order valence-electron chi connectivity index (χ2n) is 9.91. The summed E-state index contributed by atoms with van der Waals surface area (Å²) in [5.74, 6) is -0.834. The van der Waals surface area contributed by atoms with Gasteiger partial charge in [-0.15, -0.1) is 0 Å². The van der Waals surface area contributed by atoms with Crippen LogP contribution >= 0.6 is 0 Å². The van der Waals surface area contributed by atoms with Crippen molar-refractivity contribution >= 4 is 17.3 Å². The molecule has 1 aromatic heterocycles. The summed E-state index contributed by atoms with van der Waals surface area (Å²) in [6.07, 6.45) is -0.398. The molecule has 2 aromatic carbocycles. The van der Waals surface area contributed by atoms with Crippen molar-refractivity contribution in [2.75, 3.05) is 49.6 Å². The van der Waals surface area contributed by atoms with Gasteiger partial charge in [-0.2, -0.15) is 13.2 Å². The molecule has 0 saturated carbocycles. The van der Waals surface area contributed by atoms with E-state index in [1.165, 1.54) is 13.0 Å². The van der Waals surface area contributed by atoms with Gasteiger partial charge in [-0.3, -0.25) is 14.7 Å². The number of alkyl halides is 3. The Morgan fingerprint density at radius 3 is 2.58 bits per heavy atom. The van der Waals surface area contributed by atoms with Crippen LogP contribution < -0.4 is 10.2 Å². The van der Waals surface area contributed by atoms with Crippen LogP contribution in [-0.2, 0) is 17.5 Å². The number of rotatable bonds is 6. The highest BCUT2D eigenvalue weighted by Crippen LogP contribution is 2.44. The summed E-state index contributed by atoms with van der Waals surface area (Å²) >= 11 is 0. The van der Waals surface area contributed by atoms with E-state index in [0.29, 0.717) is 38.3 Å². The maximum atomic E-state index is 14.3. The van der Waals surface area contributed by atoms with E-state index in [2.05, 4.69) is 26.2 Å². The Hall–Kier alpha value is -3.43. The molecule has 6 nitrogen and oxygen atoms in total. The minimum atomic E-state index is -4.54. The van der Waals surface area contributed by atoms with Crippen molar-refractivity contribution in [2.24, 2.45) is 0 Å². The van der Waals surface area contributed by atoms with Crippen LogP contribution in [-0.4, -0.2) is 55.2 Å². The van der Waals surface area contributed by atoms with Crippen molar-refractivity contribution in [1.29, 1.82) is 0 Å². The van der Waals surface area contributed by atoms with Crippen LogP contribution in [0.25, 0.3) is 0 Å². The Balaban J connectivity index is 1.41. The van der Waals surface area contributed by atoms with Gasteiger partial charge in [-0.25, -0.2) is 0 Å². The molecular weight excluding hydrogens is 493 g/mol. The highest BCUT2D eigenvalue weighted by Gasteiger charge is 2.40. The average Bonchev–Trinajstić information content (AvgIpc) is 3.40. The largest absolute Gasteiger partial charge is 0.417 e. The molecule has 5 rings (SSSR count). The van der Waals surface area contributed by atoms with Crippen LogP contribution in [0.4, 0.5) is 24.5 Å². The van der Waals surface area contributed by atoms with Crippen LogP contribution in [0.5, 0.6) is 0 Å². The van der Waals surface area contributed by atoms with E-state index in [1.54, 1.807) is 42.6 Å². The molecule has 1 atom stereocenters. The van der Waals surface area contributed by atoms with Gasteiger partial charge in [0.2, 0.25) is 0 Å². The molecule has 0 radical (unpaired) electrons. The summed E-state index contributed by atoms with van der Waals surface area (Å²) in [6.45, 7) is 6.38. The molecule has 2 saturated heterocycles. The van der Waals surface area contributed by atoms with Crippen LogP contribution in [0.3, 0.4) is 0 Å². The van der Waals surface area contributed by atoms with Crippen molar-refractivity contribution in [3.8, 4) is 0 Å². The number of morpholine rings is 1. The highest BCUT2D eigenvalue weighted by atomic mass is 19.4. The van der Waals surface area contributed by atoms with E-state index in [1.807, 2.05) is 6.20 Å². The lowest BCUT2D eigenvalue weighted by Gasteiger charge is -2.27. The van der Waals surface area contributed by atoms with E-state index in [-0.39, 0.29) is 16.8 Å². The lowest BCUT2D eigenvalue weighted by atomic mass is 9.88. The number of anilines is 2. The zero-order valence-electron chi connectivity index (χ0n) is 21.3. The van der Waals surface area contributed by atoms with Gasteiger partial charge in [0.05, 0.1) is 30.7 Å². The normalized spacial score (nSPS) is 18.5. The predicted molar refractivity (Wildman–Crippen MR) is 140 cm³/mol. The topological polar surface area (TPSA) is 57.7 Å². The van der Waals surface area contributed by atoms with Crippen LogP contribution in [0.15, 0.2) is 60.9 Å².